The molecule has 2 heterocycles. The maximum atomic E-state index is 11.9. The predicted octanol–water partition coefficient (Wildman–Crippen LogP) is 3.45. The van der Waals surface area contributed by atoms with Crippen molar-refractivity contribution in [3.05, 3.63) is 51.2 Å². The Kier molecular flexibility index (Phi) is 3.36. The quantitative estimate of drug-likeness (QED) is 0.908. The molecule has 20 heavy (non-hydrogen) atoms. The highest BCUT2D eigenvalue weighted by atomic mass is 32.1. The molecule has 1 amide bonds. The fraction of sp³-hybridized carbons (Fsp3) is 0.312. The van der Waals surface area contributed by atoms with Gasteiger partial charge in [0, 0.05) is 10.4 Å². The summed E-state index contributed by atoms with van der Waals surface area (Å²) in [6.07, 6.45) is 0.207. The molecule has 3 rings (SSSR count). The molecule has 0 radical (unpaired) electrons. The fourth-order valence-corrected chi connectivity index (χ4v) is 3.36. The summed E-state index contributed by atoms with van der Waals surface area (Å²) in [5, 5.41) is 15.5. The lowest BCUT2D eigenvalue weighted by atomic mass is 9.93. The van der Waals surface area contributed by atoms with Crippen LogP contribution in [0.15, 0.2) is 29.6 Å². The Morgan fingerprint density at radius 1 is 1.45 bits per heavy atom. The lowest BCUT2D eigenvalue weighted by Crippen LogP contribution is -2.09. The molecule has 1 aromatic heterocycles. The first-order chi connectivity index (χ1) is 9.61. The number of hydrogen-bond acceptors (Lipinski definition) is 3. The van der Waals surface area contributed by atoms with Crippen LogP contribution in [-0.2, 0) is 11.2 Å². The van der Waals surface area contributed by atoms with Crippen LogP contribution in [-0.4, -0.2) is 11.0 Å². The minimum Gasteiger partial charge on any atom is -0.383 e. The summed E-state index contributed by atoms with van der Waals surface area (Å²) in [4.78, 5) is 12.8. The van der Waals surface area contributed by atoms with Gasteiger partial charge in [0.2, 0.25) is 5.91 Å². The highest BCUT2D eigenvalue weighted by Gasteiger charge is 2.31. The van der Waals surface area contributed by atoms with Gasteiger partial charge in [0.25, 0.3) is 0 Å². The highest BCUT2D eigenvalue weighted by molar-refractivity contribution is 7.10. The molecule has 104 valence electrons. The van der Waals surface area contributed by atoms with Gasteiger partial charge in [-0.25, -0.2) is 0 Å². The SMILES string of the molecule is CCc1cc2c(c(C(O)c3cccs3)c1)NC(=O)C2C. The Bertz CT molecular complexity index is 649. The van der Waals surface area contributed by atoms with Crippen LogP contribution in [0.25, 0.3) is 0 Å². The van der Waals surface area contributed by atoms with Crippen LogP contribution in [0.2, 0.25) is 0 Å². The molecule has 2 N–H and O–H groups in total. The number of aliphatic hydroxyl groups excluding tert-OH is 1. The summed E-state index contributed by atoms with van der Waals surface area (Å²) >= 11 is 1.52. The summed E-state index contributed by atoms with van der Waals surface area (Å²) in [7, 11) is 0. The van der Waals surface area contributed by atoms with Crippen molar-refractivity contribution >= 4 is 22.9 Å². The number of fused-ring (bicyclic) bond motifs is 1. The van der Waals surface area contributed by atoms with Gasteiger partial charge in [-0.3, -0.25) is 4.79 Å². The van der Waals surface area contributed by atoms with Gasteiger partial charge in [-0.15, -0.1) is 11.3 Å². The van der Waals surface area contributed by atoms with Crippen molar-refractivity contribution in [3.8, 4) is 0 Å². The third kappa shape index (κ3) is 2.05. The van der Waals surface area contributed by atoms with Crippen LogP contribution in [0.3, 0.4) is 0 Å². The molecule has 0 aliphatic carbocycles. The number of thiophene rings is 1. The average molecular weight is 287 g/mol. The van der Waals surface area contributed by atoms with Crippen molar-refractivity contribution in [2.45, 2.75) is 32.3 Å². The van der Waals surface area contributed by atoms with E-state index in [2.05, 4.69) is 18.3 Å². The van der Waals surface area contributed by atoms with E-state index >= 15 is 0 Å². The Labute approximate surface area is 122 Å². The summed E-state index contributed by atoms with van der Waals surface area (Å²) in [5.74, 6) is -0.140. The van der Waals surface area contributed by atoms with Crippen LogP contribution in [0.1, 0.15) is 47.4 Å². The molecular weight excluding hydrogens is 270 g/mol. The zero-order valence-corrected chi connectivity index (χ0v) is 12.3. The molecule has 0 saturated heterocycles. The topological polar surface area (TPSA) is 49.3 Å². The van der Waals surface area contributed by atoms with Gasteiger partial charge in [-0.2, -0.15) is 0 Å². The van der Waals surface area contributed by atoms with Gasteiger partial charge < -0.3 is 10.4 Å². The first kappa shape index (κ1) is 13.3. The standard InChI is InChI=1S/C16H17NO2S/c1-3-10-7-11-9(2)16(19)17-14(11)12(8-10)15(18)13-5-4-6-20-13/h4-9,15,18H,3H2,1-2H3,(H,17,19). The molecule has 2 unspecified atom stereocenters. The van der Waals surface area contributed by atoms with E-state index in [1.54, 1.807) is 0 Å². The molecule has 0 fully saturated rings. The van der Waals surface area contributed by atoms with Gasteiger partial charge in [0.15, 0.2) is 0 Å². The first-order valence-corrected chi connectivity index (χ1v) is 7.68. The van der Waals surface area contributed by atoms with Crippen LogP contribution in [0.4, 0.5) is 5.69 Å². The van der Waals surface area contributed by atoms with Gasteiger partial charge in [-0.05, 0) is 35.9 Å². The minimum absolute atomic E-state index is 0.00730. The lowest BCUT2D eigenvalue weighted by molar-refractivity contribution is -0.116. The van der Waals surface area contributed by atoms with E-state index in [1.807, 2.05) is 30.5 Å². The normalized spacial score (nSPS) is 18.8. The number of rotatable bonds is 3. The van der Waals surface area contributed by atoms with Crippen LogP contribution in [0.5, 0.6) is 0 Å². The molecule has 0 saturated carbocycles. The Morgan fingerprint density at radius 3 is 2.90 bits per heavy atom. The molecule has 2 atom stereocenters. The first-order valence-electron chi connectivity index (χ1n) is 6.80. The van der Waals surface area contributed by atoms with Crippen LogP contribution >= 0.6 is 11.3 Å². The van der Waals surface area contributed by atoms with E-state index in [1.165, 1.54) is 11.3 Å². The minimum atomic E-state index is -0.680. The van der Waals surface area contributed by atoms with Crippen LogP contribution < -0.4 is 5.32 Å². The largest absolute Gasteiger partial charge is 0.383 e. The number of hydrogen-bond donors (Lipinski definition) is 2. The second-order valence-corrected chi connectivity index (χ2v) is 6.11. The lowest BCUT2D eigenvalue weighted by Gasteiger charge is -2.16. The third-order valence-electron chi connectivity index (χ3n) is 3.88. The van der Waals surface area contributed by atoms with Gasteiger partial charge in [0.1, 0.15) is 6.10 Å². The predicted molar refractivity (Wildman–Crippen MR) is 81.2 cm³/mol. The number of carbonyl (C=O) groups is 1. The van der Waals surface area contributed by atoms with Gasteiger partial charge >= 0.3 is 0 Å². The molecule has 4 heteroatoms. The summed E-state index contributed by atoms with van der Waals surface area (Å²) in [5.41, 5.74) is 3.75. The van der Waals surface area contributed by atoms with Crippen molar-refractivity contribution in [1.82, 2.24) is 0 Å². The van der Waals surface area contributed by atoms with Gasteiger partial charge in [-0.1, -0.05) is 25.1 Å². The number of nitrogens with one attached hydrogen (secondary N) is 1. The van der Waals surface area contributed by atoms with Crippen molar-refractivity contribution in [2.24, 2.45) is 0 Å². The van der Waals surface area contributed by atoms with Crippen molar-refractivity contribution < 1.29 is 9.90 Å². The molecule has 0 bridgehead atoms. The maximum Gasteiger partial charge on any atom is 0.231 e. The van der Waals surface area contributed by atoms with E-state index in [0.717, 1.165) is 33.7 Å². The molecule has 0 spiro atoms. The number of aryl methyl sites for hydroxylation is 1. The summed E-state index contributed by atoms with van der Waals surface area (Å²) in [6.45, 7) is 3.99. The number of carbonyl (C=O) groups excluding carboxylic acids is 1. The second kappa shape index (κ2) is 5.04. The molecule has 1 aliphatic rings. The Balaban J connectivity index is 2.14. The highest BCUT2D eigenvalue weighted by Crippen LogP contribution is 2.41. The van der Waals surface area contributed by atoms with E-state index in [4.69, 9.17) is 0 Å². The van der Waals surface area contributed by atoms with Gasteiger partial charge in [0.05, 0.1) is 11.6 Å². The van der Waals surface area contributed by atoms with Crippen molar-refractivity contribution in [2.75, 3.05) is 5.32 Å². The smallest absolute Gasteiger partial charge is 0.231 e. The summed E-state index contributed by atoms with van der Waals surface area (Å²) < 4.78 is 0. The van der Waals surface area contributed by atoms with Crippen LogP contribution in [0, 0.1) is 0 Å². The summed E-state index contributed by atoms with van der Waals surface area (Å²) in [6, 6.07) is 7.92. The van der Waals surface area contributed by atoms with E-state index in [9.17, 15) is 9.90 Å². The van der Waals surface area contributed by atoms with E-state index < -0.39 is 6.10 Å². The maximum absolute atomic E-state index is 11.9. The molecule has 1 aromatic carbocycles. The molecule has 2 aromatic rings. The van der Waals surface area contributed by atoms with E-state index in [-0.39, 0.29) is 11.8 Å². The number of aliphatic hydroxyl groups is 1. The second-order valence-electron chi connectivity index (χ2n) is 5.13. The van der Waals surface area contributed by atoms with E-state index in [0.29, 0.717) is 0 Å². The number of amides is 1. The number of anilines is 1. The zero-order chi connectivity index (χ0) is 14.3. The fourth-order valence-electron chi connectivity index (χ4n) is 2.63. The molecule has 3 nitrogen and oxygen atoms in total. The zero-order valence-electron chi connectivity index (χ0n) is 11.5. The average Bonchev–Trinajstić information content (AvgIpc) is 3.07. The van der Waals surface area contributed by atoms with Crippen molar-refractivity contribution in [3.63, 3.8) is 0 Å². The molecular formula is C16H17NO2S. The third-order valence-corrected chi connectivity index (χ3v) is 4.81. The van der Waals surface area contributed by atoms with Crippen molar-refractivity contribution in [1.29, 1.82) is 0 Å². The Morgan fingerprint density at radius 2 is 2.25 bits per heavy atom. The Hall–Kier alpha value is -1.65. The molecule has 1 aliphatic heterocycles. The monoisotopic (exact) mass is 287 g/mol. The number of benzene rings is 1.